The van der Waals surface area contributed by atoms with E-state index in [1.807, 2.05) is 19.0 Å². The molecule has 0 bridgehead atoms. The highest BCUT2D eigenvalue weighted by atomic mass is 32.2. The highest BCUT2D eigenvalue weighted by Gasteiger charge is 2.42. The summed E-state index contributed by atoms with van der Waals surface area (Å²) in [6, 6.07) is 15.4. The second kappa shape index (κ2) is 13.2. The number of rotatable bonds is 7. The van der Waals surface area contributed by atoms with Gasteiger partial charge in [0.2, 0.25) is 10.0 Å². The Bertz CT molecular complexity index is 1630. The lowest BCUT2D eigenvalue weighted by molar-refractivity contribution is -0.144. The van der Waals surface area contributed by atoms with Crippen LogP contribution in [0, 0.1) is 24.6 Å². The summed E-state index contributed by atoms with van der Waals surface area (Å²) in [4.78, 5) is 30.0. The van der Waals surface area contributed by atoms with E-state index in [-0.39, 0.29) is 35.7 Å². The molecule has 0 saturated heterocycles. The van der Waals surface area contributed by atoms with Crippen molar-refractivity contribution in [3.8, 4) is 17.6 Å². The number of nitrogens with zero attached hydrogens (tertiary/aromatic N) is 3. The Morgan fingerprint density at radius 2 is 1.74 bits per heavy atom. The summed E-state index contributed by atoms with van der Waals surface area (Å²) in [5.41, 5.74) is 1.16. The zero-order valence-corrected chi connectivity index (χ0v) is 24.7. The molecule has 1 unspecified atom stereocenters. The maximum absolute atomic E-state index is 14.4. The van der Waals surface area contributed by atoms with Gasteiger partial charge in [0.05, 0.1) is 25.1 Å². The van der Waals surface area contributed by atoms with Crippen molar-refractivity contribution in [3.63, 3.8) is 0 Å². The molecule has 0 aliphatic carbocycles. The third-order valence-corrected chi connectivity index (χ3v) is 8.66. The first-order valence-corrected chi connectivity index (χ1v) is 14.6. The number of hydrogen-bond donors (Lipinski definition) is 0. The number of fused-ring (bicyclic) bond motifs is 1. The smallest absolute Gasteiger partial charge is 0.326 e. The molecule has 9 nitrogen and oxygen atoms in total. The van der Waals surface area contributed by atoms with Crippen molar-refractivity contribution in [2.45, 2.75) is 24.4 Å². The number of halogens is 1. The Morgan fingerprint density at radius 3 is 2.43 bits per heavy atom. The topological polar surface area (TPSA) is 96.5 Å². The first-order chi connectivity index (χ1) is 20.0. The van der Waals surface area contributed by atoms with E-state index in [4.69, 9.17) is 9.47 Å². The average Bonchev–Trinajstić information content (AvgIpc) is 3.16. The molecule has 3 aromatic carbocycles. The van der Waals surface area contributed by atoms with Crippen LogP contribution in [0.1, 0.15) is 21.5 Å². The van der Waals surface area contributed by atoms with E-state index >= 15 is 0 Å². The van der Waals surface area contributed by atoms with Gasteiger partial charge in [-0.1, -0.05) is 36.1 Å². The predicted molar refractivity (Wildman–Crippen MR) is 156 cm³/mol. The van der Waals surface area contributed by atoms with E-state index < -0.39 is 33.8 Å². The molecule has 1 heterocycles. The number of para-hydroxylation sites is 1. The van der Waals surface area contributed by atoms with Crippen LogP contribution in [0.5, 0.6) is 5.75 Å². The molecule has 1 aliphatic heterocycles. The number of ether oxygens (including phenoxy) is 2. The summed E-state index contributed by atoms with van der Waals surface area (Å²) >= 11 is 0. The van der Waals surface area contributed by atoms with Crippen molar-refractivity contribution in [2.24, 2.45) is 0 Å². The second-order valence-electron chi connectivity index (χ2n) is 9.90. The predicted octanol–water partition coefficient (Wildman–Crippen LogP) is 3.47. The molecule has 1 atom stereocenters. The number of anilines is 1. The van der Waals surface area contributed by atoms with Crippen molar-refractivity contribution < 1.29 is 31.9 Å². The maximum atomic E-state index is 14.4. The number of benzene rings is 3. The third-order valence-electron chi connectivity index (χ3n) is 6.79. The van der Waals surface area contributed by atoms with Gasteiger partial charge in [0.15, 0.2) is 0 Å². The van der Waals surface area contributed by atoms with Gasteiger partial charge >= 0.3 is 5.97 Å². The van der Waals surface area contributed by atoms with Crippen molar-refractivity contribution in [1.29, 1.82) is 0 Å². The Morgan fingerprint density at radius 1 is 1.02 bits per heavy atom. The van der Waals surface area contributed by atoms with Gasteiger partial charge in [-0.05, 0) is 74.6 Å². The summed E-state index contributed by atoms with van der Waals surface area (Å²) in [6.07, 6.45) is 0. The molecular weight excluding hydrogens is 561 g/mol. The van der Waals surface area contributed by atoms with Gasteiger partial charge in [0.25, 0.3) is 5.91 Å². The lowest BCUT2D eigenvalue weighted by Gasteiger charge is -2.29. The summed E-state index contributed by atoms with van der Waals surface area (Å²) in [5, 5.41) is 0. The summed E-state index contributed by atoms with van der Waals surface area (Å²) < 4.78 is 54.0. The lowest BCUT2D eigenvalue weighted by atomic mass is 10.1. The SMILES string of the molecule is COC(=O)C1CN(C(=O)c2cccc(F)c2C)c2ccccc2CN1S(=O)(=O)c1ccc(OCC#CCN(C)C)cc1. The van der Waals surface area contributed by atoms with Crippen LogP contribution in [0.15, 0.2) is 71.6 Å². The Labute approximate surface area is 245 Å². The molecule has 0 saturated carbocycles. The van der Waals surface area contributed by atoms with Crippen LogP contribution in [0.25, 0.3) is 0 Å². The van der Waals surface area contributed by atoms with Crippen LogP contribution in [-0.4, -0.2) is 76.4 Å². The third kappa shape index (κ3) is 6.62. The number of amides is 1. The largest absolute Gasteiger partial charge is 0.481 e. The van der Waals surface area contributed by atoms with Crippen LogP contribution < -0.4 is 9.64 Å². The fraction of sp³-hybridized carbons (Fsp3) is 0.290. The maximum Gasteiger partial charge on any atom is 0.326 e. The van der Waals surface area contributed by atoms with Crippen LogP contribution in [0.3, 0.4) is 0 Å². The molecule has 42 heavy (non-hydrogen) atoms. The molecule has 0 fully saturated rings. The number of esters is 1. The summed E-state index contributed by atoms with van der Waals surface area (Å²) in [5.74, 6) is 4.32. The molecular formula is C31H32FN3O6S. The van der Waals surface area contributed by atoms with Crippen molar-refractivity contribution in [2.75, 3.05) is 45.8 Å². The minimum Gasteiger partial charge on any atom is -0.481 e. The van der Waals surface area contributed by atoms with Crippen molar-refractivity contribution >= 4 is 27.6 Å². The molecule has 0 N–H and O–H groups in total. The Balaban J connectivity index is 1.69. The fourth-order valence-corrected chi connectivity index (χ4v) is 6.08. The second-order valence-corrected chi connectivity index (χ2v) is 11.8. The molecule has 3 aromatic rings. The van der Waals surface area contributed by atoms with Crippen molar-refractivity contribution in [1.82, 2.24) is 9.21 Å². The number of carbonyl (C=O) groups is 2. The molecule has 1 amide bonds. The van der Waals surface area contributed by atoms with E-state index in [2.05, 4.69) is 11.8 Å². The molecule has 220 valence electrons. The van der Waals surface area contributed by atoms with E-state index in [9.17, 15) is 22.4 Å². The minimum atomic E-state index is -4.27. The van der Waals surface area contributed by atoms with Crippen LogP contribution in [0.4, 0.5) is 10.1 Å². The monoisotopic (exact) mass is 593 g/mol. The molecule has 11 heteroatoms. The first kappa shape index (κ1) is 30.7. The van der Waals surface area contributed by atoms with E-state index in [1.54, 1.807) is 24.3 Å². The van der Waals surface area contributed by atoms with Gasteiger partial charge < -0.3 is 14.4 Å². The van der Waals surface area contributed by atoms with Gasteiger partial charge in [-0.25, -0.2) is 12.8 Å². The van der Waals surface area contributed by atoms with Crippen molar-refractivity contribution in [3.05, 3.63) is 89.2 Å². The van der Waals surface area contributed by atoms with Gasteiger partial charge in [-0.2, -0.15) is 4.31 Å². The number of carbonyl (C=O) groups excluding carboxylic acids is 2. The number of methoxy groups -OCH3 is 1. The molecule has 0 aromatic heterocycles. The quantitative estimate of drug-likeness (QED) is 0.306. The molecule has 4 rings (SSSR count). The van der Waals surface area contributed by atoms with Gasteiger partial charge in [0, 0.05) is 17.8 Å². The molecule has 1 aliphatic rings. The highest BCUT2D eigenvalue weighted by Crippen LogP contribution is 2.33. The van der Waals surface area contributed by atoms with Gasteiger partial charge in [-0.15, -0.1) is 0 Å². The molecule has 0 spiro atoms. The summed E-state index contributed by atoms with van der Waals surface area (Å²) in [6.45, 7) is 1.67. The van der Waals surface area contributed by atoms with Crippen LogP contribution >= 0.6 is 0 Å². The standard InChI is InChI=1S/C31H32FN3O6S/c1-22-26(11-9-12-27(22)32)30(36)34-21-29(31(37)40-4)35(20-23-10-5-6-13-28(23)34)42(38,39)25-16-14-24(15-17-25)41-19-8-7-18-33(2)3/h5-6,9-17,29H,18-21H2,1-4H3. The fourth-order valence-electron chi connectivity index (χ4n) is 4.53. The number of sulfonamides is 1. The van der Waals surface area contributed by atoms with E-state index in [0.29, 0.717) is 23.5 Å². The first-order valence-electron chi connectivity index (χ1n) is 13.1. The lowest BCUT2D eigenvalue weighted by Crippen LogP contribution is -2.50. The van der Waals surface area contributed by atoms with Gasteiger partial charge in [0.1, 0.15) is 24.2 Å². The minimum absolute atomic E-state index is 0.0688. The zero-order valence-electron chi connectivity index (χ0n) is 23.8. The zero-order chi connectivity index (χ0) is 30.4. The van der Waals surface area contributed by atoms with E-state index in [0.717, 1.165) is 11.4 Å². The normalized spacial score (nSPS) is 15.3. The Kier molecular flexibility index (Phi) is 9.63. The molecule has 0 radical (unpaired) electrons. The number of hydrogen-bond acceptors (Lipinski definition) is 7. The highest BCUT2D eigenvalue weighted by molar-refractivity contribution is 7.89. The van der Waals surface area contributed by atoms with E-state index in [1.165, 1.54) is 54.3 Å². The van der Waals surface area contributed by atoms with Crippen LogP contribution in [0.2, 0.25) is 0 Å². The average molecular weight is 594 g/mol. The Hall–Kier alpha value is -4.24. The summed E-state index contributed by atoms with van der Waals surface area (Å²) in [7, 11) is 0.695. The van der Waals surface area contributed by atoms with Gasteiger partial charge in [-0.3, -0.25) is 14.5 Å². The van der Waals surface area contributed by atoms with Crippen LogP contribution in [-0.2, 0) is 26.1 Å².